The van der Waals surface area contributed by atoms with Gasteiger partial charge in [-0.2, -0.15) is 8.42 Å². The maximum atomic E-state index is 10.2. The molecule has 0 saturated heterocycles. The molecular weight excluding hydrogens is 144 g/mol. The highest BCUT2D eigenvalue weighted by Gasteiger charge is 2.12. The van der Waals surface area contributed by atoms with Crippen molar-refractivity contribution in [1.29, 1.82) is 0 Å². The van der Waals surface area contributed by atoms with Gasteiger partial charge >= 0.3 is 0 Å². The van der Waals surface area contributed by atoms with Crippen LogP contribution in [0.15, 0.2) is 0 Å². The molecule has 0 heterocycles. The van der Waals surface area contributed by atoms with E-state index in [1.165, 1.54) is 0 Å². The first kappa shape index (κ1) is 8.13. The van der Waals surface area contributed by atoms with Gasteiger partial charge in [-0.05, 0) is 6.42 Å². The van der Waals surface area contributed by atoms with Crippen molar-refractivity contribution in [3.8, 4) is 0 Å². The minimum atomic E-state index is -3.69. The van der Waals surface area contributed by atoms with E-state index in [1.54, 1.807) is 6.92 Å². The lowest BCUT2D eigenvalue weighted by molar-refractivity contribution is 0.478. The van der Waals surface area contributed by atoms with E-state index in [-0.39, 0.29) is 0 Å². The van der Waals surface area contributed by atoms with Gasteiger partial charge in [0.25, 0.3) is 10.1 Å². The van der Waals surface area contributed by atoms with Crippen LogP contribution in [-0.4, -0.2) is 28.1 Å². The van der Waals surface area contributed by atoms with Gasteiger partial charge in [0.05, 0.1) is 4.87 Å². The van der Waals surface area contributed by atoms with Gasteiger partial charge in [0.15, 0.2) is 0 Å². The van der Waals surface area contributed by atoms with Crippen LogP contribution in [0.4, 0.5) is 0 Å². The van der Waals surface area contributed by atoms with Crippen LogP contribution in [-0.2, 0) is 10.1 Å². The summed E-state index contributed by atoms with van der Waals surface area (Å²) in [6.45, 7) is 1.74. The fourth-order valence-corrected chi connectivity index (χ4v) is 0.632. The monoisotopic (exact) mass is 154 g/mol. The van der Waals surface area contributed by atoms with E-state index in [1.807, 2.05) is 0 Å². The van der Waals surface area contributed by atoms with Crippen molar-refractivity contribution >= 4 is 20.4 Å². The van der Waals surface area contributed by atoms with E-state index in [2.05, 4.69) is 0 Å². The smallest absolute Gasteiger partial charge is 0.264 e. The Hall–Kier alpha value is 0.127. The fraction of sp³-hybridized carbons (Fsp3) is 1.00. The number of hydrogen-bond donors (Lipinski definition) is 1. The van der Waals surface area contributed by atoms with Crippen LogP contribution in [0, 0.1) is 0 Å². The molecule has 3 nitrogen and oxygen atoms in total. The summed E-state index contributed by atoms with van der Waals surface area (Å²) < 4.78 is 28.6. The fourth-order valence-electron chi connectivity index (χ4n) is 0.211. The van der Waals surface area contributed by atoms with Crippen molar-refractivity contribution in [3.63, 3.8) is 0 Å². The maximum Gasteiger partial charge on any atom is 0.264 e. The van der Waals surface area contributed by atoms with E-state index >= 15 is 0 Å². The standard InChI is InChI=1S/C3H10O3SSi/c1-2-3(8)7(4,5)6/h3H,2H2,1,8H3,(H,4,5,6). The quantitative estimate of drug-likeness (QED) is 0.409. The summed E-state index contributed by atoms with van der Waals surface area (Å²) in [5.41, 5.74) is 0. The lowest BCUT2D eigenvalue weighted by Crippen LogP contribution is -2.18. The first-order valence-electron chi connectivity index (χ1n) is 2.44. The van der Waals surface area contributed by atoms with Gasteiger partial charge in [-0.1, -0.05) is 6.92 Å². The second-order valence-corrected chi connectivity index (χ2v) is 5.80. The molecule has 0 spiro atoms. The molecule has 50 valence electrons. The third-order valence-electron chi connectivity index (χ3n) is 1.08. The molecule has 1 atom stereocenters. The highest BCUT2D eigenvalue weighted by Crippen LogP contribution is 1.96. The van der Waals surface area contributed by atoms with Crippen molar-refractivity contribution in [3.05, 3.63) is 0 Å². The Balaban J connectivity index is 4.04. The van der Waals surface area contributed by atoms with Gasteiger partial charge in [-0.25, -0.2) is 0 Å². The molecule has 0 rings (SSSR count). The molecule has 0 aromatic carbocycles. The molecule has 0 saturated carbocycles. The number of rotatable bonds is 2. The van der Waals surface area contributed by atoms with Gasteiger partial charge < -0.3 is 0 Å². The van der Waals surface area contributed by atoms with Crippen molar-refractivity contribution in [2.24, 2.45) is 0 Å². The predicted molar refractivity (Wildman–Crippen MR) is 35.6 cm³/mol. The van der Waals surface area contributed by atoms with Gasteiger partial charge in [-0.3, -0.25) is 4.55 Å². The lowest BCUT2D eigenvalue weighted by atomic mass is 10.6. The highest BCUT2D eigenvalue weighted by molar-refractivity contribution is 7.87. The molecule has 1 unspecified atom stereocenters. The summed E-state index contributed by atoms with van der Waals surface area (Å²) in [7, 11) is -3.18. The first-order chi connectivity index (χ1) is 3.48. The second kappa shape index (κ2) is 2.61. The average molecular weight is 154 g/mol. The van der Waals surface area contributed by atoms with Crippen LogP contribution in [0.25, 0.3) is 0 Å². The molecule has 0 amide bonds. The van der Waals surface area contributed by atoms with Crippen molar-refractivity contribution < 1.29 is 13.0 Å². The van der Waals surface area contributed by atoms with Crippen molar-refractivity contribution in [1.82, 2.24) is 0 Å². The zero-order valence-corrected chi connectivity index (χ0v) is 7.77. The molecule has 1 N–H and O–H groups in total. The summed E-state index contributed by atoms with van der Waals surface area (Å²) in [5.74, 6) is 0. The summed E-state index contributed by atoms with van der Waals surface area (Å²) >= 11 is 0. The van der Waals surface area contributed by atoms with E-state index in [4.69, 9.17) is 4.55 Å². The normalized spacial score (nSPS) is 16.2. The van der Waals surface area contributed by atoms with Crippen LogP contribution in [0.1, 0.15) is 13.3 Å². The molecule has 0 aromatic rings. The van der Waals surface area contributed by atoms with Crippen molar-refractivity contribution in [2.75, 3.05) is 0 Å². The molecule has 5 heteroatoms. The van der Waals surface area contributed by atoms with Gasteiger partial charge in [0.1, 0.15) is 0 Å². The Morgan fingerprint density at radius 3 is 2.12 bits per heavy atom. The maximum absolute atomic E-state index is 10.2. The Bertz CT molecular complexity index is 150. The Kier molecular flexibility index (Phi) is 2.65. The Morgan fingerprint density at radius 1 is 1.75 bits per heavy atom. The predicted octanol–water partition coefficient (Wildman–Crippen LogP) is -1.02. The molecule has 0 aromatic heterocycles. The molecule has 0 aliphatic carbocycles. The van der Waals surface area contributed by atoms with Crippen LogP contribution in [0.5, 0.6) is 0 Å². The summed E-state index contributed by atoms with van der Waals surface area (Å²) in [6, 6.07) is 0. The lowest BCUT2D eigenvalue weighted by Gasteiger charge is -2.00. The molecule has 0 bridgehead atoms. The third-order valence-corrected chi connectivity index (χ3v) is 5.04. The zero-order chi connectivity index (χ0) is 6.78. The molecule has 0 aliphatic heterocycles. The molecule has 8 heavy (non-hydrogen) atoms. The zero-order valence-electron chi connectivity index (χ0n) is 4.96. The summed E-state index contributed by atoms with van der Waals surface area (Å²) in [5, 5.41) is 0. The molecule has 0 radical (unpaired) electrons. The summed E-state index contributed by atoms with van der Waals surface area (Å²) in [6.07, 6.45) is 0.519. The van der Waals surface area contributed by atoms with E-state index < -0.39 is 15.0 Å². The van der Waals surface area contributed by atoms with Crippen LogP contribution in [0.2, 0.25) is 0 Å². The molecule has 0 aliphatic rings. The Labute approximate surface area is 52.3 Å². The Morgan fingerprint density at radius 2 is 2.12 bits per heavy atom. The topological polar surface area (TPSA) is 54.4 Å². The molecule has 0 fully saturated rings. The van der Waals surface area contributed by atoms with E-state index in [0.29, 0.717) is 16.7 Å². The third kappa shape index (κ3) is 2.44. The highest BCUT2D eigenvalue weighted by atomic mass is 32.2. The van der Waals surface area contributed by atoms with E-state index in [9.17, 15) is 8.42 Å². The second-order valence-electron chi connectivity index (χ2n) is 1.73. The molecular formula is C3H10O3SSi. The van der Waals surface area contributed by atoms with Gasteiger partial charge in [0.2, 0.25) is 0 Å². The van der Waals surface area contributed by atoms with E-state index in [0.717, 1.165) is 0 Å². The van der Waals surface area contributed by atoms with Crippen molar-refractivity contribution in [2.45, 2.75) is 18.2 Å². The average Bonchev–Trinajstić information content (AvgIpc) is 1.62. The SMILES string of the molecule is CCC([SiH3])S(=O)(=O)O. The summed E-state index contributed by atoms with van der Waals surface area (Å²) in [4.78, 5) is -0.484. The minimum Gasteiger partial charge on any atom is -0.286 e. The minimum absolute atomic E-state index is 0.484. The van der Waals surface area contributed by atoms with Gasteiger partial charge in [0, 0.05) is 10.2 Å². The van der Waals surface area contributed by atoms with Crippen LogP contribution in [0.3, 0.4) is 0 Å². The number of hydrogen-bond acceptors (Lipinski definition) is 2. The largest absolute Gasteiger partial charge is 0.286 e. The first-order valence-corrected chi connectivity index (χ1v) is 5.10. The van der Waals surface area contributed by atoms with Crippen LogP contribution < -0.4 is 0 Å². The van der Waals surface area contributed by atoms with Crippen LogP contribution >= 0.6 is 0 Å². The van der Waals surface area contributed by atoms with Gasteiger partial charge in [-0.15, -0.1) is 0 Å².